The van der Waals surface area contributed by atoms with Crippen LogP contribution in [-0.4, -0.2) is 34.1 Å². The first-order valence-electron chi connectivity index (χ1n) is 9.10. The zero-order valence-corrected chi connectivity index (χ0v) is 16.3. The number of benzene rings is 2. The third kappa shape index (κ3) is 3.38. The number of aromatic nitrogens is 1. The number of nitriles is 1. The predicted molar refractivity (Wildman–Crippen MR) is 108 cm³/mol. The molecule has 3 N–H and O–H groups in total. The molecule has 30 heavy (non-hydrogen) atoms. The van der Waals surface area contributed by atoms with Crippen LogP contribution in [-0.2, 0) is 16.1 Å². The van der Waals surface area contributed by atoms with E-state index < -0.39 is 23.2 Å². The molecule has 1 aromatic heterocycles. The first-order chi connectivity index (χ1) is 14.3. The molecule has 1 aliphatic heterocycles. The Bertz CT molecular complexity index is 1200. The van der Waals surface area contributed by atoms with Gasteiger partial charge in [0.15, 0.2) is 0 Å². The van der Waals surface area contributed by atoms with Crippen LogP contribution in [0.1, 0.15) is 17.5 Å². The van der Waals surface area contributed by atoms with Crippen LogP contribution in [0.15, 0.2) is 42.6 Å². The summed E-state index contributed by atoms with van der Waals surface area (Å²) in [6, 6.07) is 11.0. The molecule has 0 bridgehead atoms. The minimum Gasteiger partial charge on any atom is -0.372 e. The van der Waals surface area contributed by atoms with Crippen LogP contribution in [0.4, 0.5) is 10.1 Å². The van der Waals surface area contributed by atoms with Gasteiger partial charge in [0.2, 0.25) is 5.60 Å². The molecule has 2 heterocycles. The minimum atomic E-state index is -2.23. The SMILES string of the molecule is N#Cc1c[nH]c2ccc(N3CC[C@@](O)(C(=O)NCc4cc(F)cc(Cl)c4)C3=O)cc12. The smallest absolute Gasteiger partial charge is 0.268 e. The van der Waals surface area contributed by atoms with Crippen molar-refractivity contribution in [2.45, 2.75) is 18.6 Å². The normalized spacial score (nSPS) is 18.6. The number of carbonyl (C=O) groups is 2. The fourth-order valence-electron chi connectivity index (χ4n) is 3.57. The van der Waals surface area contributed by atoms with Gasteiger partial charge in [-0.25, -0.2) is 4.39 Å². The average molecular weight is 427 g/mol. The van der Waals surface area contributed by atoms with Gasteiger partial charge in [-0.15, -0.1) is 0 Å². The summed E-state index contributed by atoms with van der Waals surface area (Å²) in [5, 5.41) is 23.3. The van der Waals surface area contributed by atoms with Crippen LogP contribution in [0.5, 0.6) is 0 Å². The van der Waals surface area contributed by atoms with Crippen LogP contribution in [0, 0.1) is 17.1 Å². The number of hydrogen-bond acceptors (Lipinski definition) is 4. The largest absolute Gasteiger partial charge is 0.372 e. The number of nitrogens with one attached hydrogen (secondary N) is 2. The van der Waals surface area contributed by atoms with E-state index in [1.165, 1.54) is 17.0 Å². The van der Waals surface area contributed by atoms with Crippen molar-refractivity contribution in [1.29, 1.82) is 5.26 Å². The van der Waals surface area contributed by atoms with Crippen molar-refractivity contribution in [3.05, 3.63) is 64.6 Å². The second-order valence-electron chi connectivity index (χ2n) is 7.07. The second-order valence-corrected chi connectivity index (χ2v) is 7.51. The maximum absolute atomic E-state index is 13.4. The Morgan fingerprint density at radius 1 is 1.37 bits per heavy atom. The topological polar surface area (TPSA) is 109 Å². The van der Waals surface area contributed by atoms with E-state index in [4.69, 9.17) is 11.6 Å². The Kier molecular flexibility index (Phi) is 4.94. The zero-order chi connectivity index (χ0) is 21.5. The summed E-state index contributed by atoms with van der Waals surface area (Å²) in [6.07, 6.45) is 1.47. The molecule has 1 fully saturated rings. The molecule has 1 aliphatic rings. The highest BCUT2D eigenvalue weighted by atomic mass is 35.5. The van der Waals surface area contributed by atoms with Gasteiger partial charge >= 0.3 is 0 Å². The number of H-pyrrole nitrogens is 1. The first-order valence-corrected chi connectivity index (χ1v) is 9.48. The molecule has 1 saturated heterocycles. The Morgan fingerprint density at radius 2 is 2.17 bits per heavy atom. The summed E-state index contributed by atoms with van der Waals surface area (Å²) in [7, 11) is 0. The summed E-state index contributed by atoms with van der Waals surface area (Å²) >= 11 is 5.80. The van der Waals surface area contributed by atoms with Gasteiger partial charge in [0.25, 0.3) is 11.8 Å². The van der Waals surface area contributed by atoms with Gasteiger partial charge in [0, 0.05) is 47.3 Å². The number of rotatable bonds is 4. The van der Waals surface area contributed by atoms with Crippen molar-refractivity contribution < 1.29 is 19.1 Å². The Balaban J connectivity index is 1.52. The van der Waals surface area contributed by atoms with E-state index >= 15 is 0 Å². The number of aliphatic hydroxyl groups is 1. The molecule has 152 valence electrons. The molecule has 0 spiro atoms. The van der Waals surface area contributed by atoms with Gasteiger partial charge in [0.1, 0.15) is 11.9 Å². The molecule has 4 rings (SSSR count). The fraction of sp³-hybridized carbons (Fsp3) is 0.190. The van der Waals surface area contributed by atoms with E-state index in [1.807, 2.05) is 0 Å². The number of amides is 2. The lowest BCUT2D eigenvalue weighted by Crippen LogP contribution is -2.52. The number of halogens is 2. The molecule has 0 unspecified atom stereocenters. The number of fused-ring (bicyclic) bond motifs is 1. The molecule has 0 aliphatic carbocycles. The first kappa shape index (κ1) is 19.9. The molecule has 2 amide bonds. The van der Waals surface area contributed by atoms with E-state index in [0.29, 0.717) is 22.2 Å². The van der Waals surface area contributed by atoms with E-state index in [9.17, 15) is 24.3 Å². The zero-order valence-electron chi connectivity index (χ0n) is 15.6. The van der Waals surface area contributed by atoms with Gasteiger partial charge in [-0.2, -0.15) is 5.26 Å². The van der Waals surface area contributed by atoms with E-state index in [1.54, 1.807) is 24.4 Å². The van der Waals surface area contributed by atoms with Gasteiger partial charge < -0.3 is 20.3 Å². The second kappa shape index (κ2) is 7.44. The summed E-state index contributed by atoms with van der Waals surface area (Å²) in [5.74, 6) is -2.17. The van der Waals surface area contributed by atoms with Crippen LogP contribution in [0.25, 0.3) is 10.9 Å². The predicted octanol–water partition coefficient (Wildman–Crippen LogP) is 2.62. The molecule has 2 aromatic carbocycles. The summed E-state index contributed by atoms with van der Waals surface area (Å²) in [4.78, 5) is 29.7. The Morgan fingerprint density at radius 3 is 2.90 bits per heavy atom. The van der Waals surface area contributed by atoms with Gasteiger partial charge in [-0.1, -0.05) is 11.6 Å². The monoisotopic (exact) mass is 426 g/mol. The van der Waals surface area contributed by atoms with Crippen molar-refractivity contribution >= 4 is 40.0 Å². The molecule has 7 nitrogen and oxygen atoms in total. The highest BCUT2D eigenvalue weighted by Gasteiger charge is 2.51. The van der Waals surface area contributed by atoms with Gasteiger partial charge in [-0.3, -0.25) is 9.59 Å². The van der Waals surface area contributed by atoms with Crippen molar-refractivity contribution in [3.8, 4) is 6.07 Å². The quantitative estimate of drug-likeness (QED) is 0.557. The minimum absolute atomic E-state index is 0.0905. The van der Waals surface area contributed by atoms with Crippen LogP contribution in [0.2, 0.25) is 5.02 Å². The Labute approximate surface area is 175 Å². The molecule has 1 atom stereocenters. The number of hydrogen-bond donors (Lipinski definition) is 3. The summed E-state index contributed by atoms with van der Waals surface area (Å²) < 4.78 is 13.4. The van der Waals surface area contributed by atoms with Crippen LogP contribution < -0.4 is 10.2 Å². The van der Waals surface area contributed by atoms with E-state index in [2.05, 4.69) is 16.4 Å². The maximum atomic E-state index is 13.4. The van der Waals surface area contributed by atoms with Crippen molar-refractivity contribution in [1.82, 2.24) is 10.3 Å². The summed E-state index contributed by atoms with van der Waals surface area (Å²) in [5.41, 5.74) is -0.183. The highest BCUT2D eigenvalue weighted by molar-refractivity contribution is 6.30. The van der Waals surface area contributed by atoms with Crippen molar-refractivity contribution in [2.24, 2.45) is 0 Å². The summed E-state index contributed by atoms with van der Waals surface area (Å²) in [6.45, 7) is 0.0408. The van der Waals surface area contributed by atoms with Gasteiger partial charge in [-0.05, 0) is 42.0 Å². The number of carbonyl (C=O) groups excluding carboxylic acids is 2. The third-order valence-corrected chi connectivity index (χ3v) is 5.36. The lowest BCUT2D eigenvalue weighted by atomic mass is 10.0. The van der Waals surface area contributed by atoms with E-state index in [0.717, 1.165) is 11.6 Å². The molecule has 9 heteroatoms. The lowest BCUT2D eigenvalue weighted by Gasteiger charge is -2.22. The van der Waals surface area contributed by atoms with Crippen LogP contribution in [0.3, 0.4) is 0 Å². The average Bonchev–Trinajstić information content (AvgIpc) is 3.26. The standard InChI is InChI=1S/C21H16ClFN4O3/c22-14-5-12(6-15(23)7-14)10-26-19(28)21(30)3-4-27(20(21)29)16-1-2-18-17(8-16)13(9-24)11-25-18/h1-2,5-8,11,25,30H,3-4,10H2,(H,26,28)/t21-/m1/s1. The molecular weight excluding hydrogens is 411 g/mol. The van der Waals surface area contributed by atoms with E-state index in [-0.39, 0.29) is 24.5 Å². The maximum Gasteiger partial charge on any atom is 0.268 e. The molecule has 0 radical (unpaired) electrons. The van der Waals surface area contributed by atoms with Crippen LogP contribution >= 0.6 is 11.6 Å². The lowest BCUT2D eigenvalue weighted by molar-refractivity contribution is -0.149. The molecular formula is C21H16ClFN4O3. The van der Waals surface area contributed by atoms with Gasteiger partial charge in [0.05, 0.1) is 5.56 Å². The molecule has 3 aromatic rings. The van der Waals surface area contributed by atoms with Crippen molar-refractivity contribution in [2.75, 3.05) is 11.4 Å². The highest BCUT2D eigenvalue weighted by Crippen LogP contribution is 2.31. The number of aromatic amines is 1. The third-order valence-electron chi connectivity index (χ3n) is 5.14. The Hall–Kier alpha value is -3.41. The number of nitrogens with zero attached hydrogens (tertiary/aromatic N) is 2. The fourth-order valence-corrected chi connectivity index (χ4v) is 3.82. The molecule has 0 saturated carbocycles. The van der Waals surface area contributed by atoms with Crippen molar-refractivity contribution in [3.63, 3.8) is 0 Å². The number of anilines is 1.